The summed E-state index contributed by atoms with van der Waals surface area (Å²) in [6, 6.07) is 4.47. The molecule has 2 rings (SSSR count). The van der Waals surface area contributed by atoms with Gasteiger partial charge in [0.2, 0.25) is 0 Å². The summed E-state index contributed by atoms with van der Waals surface area (Å²) >= 11 is 3.07. The number of nitrogens with one attached hydrogen (secondary N) is 1. The lowest BCUT2D eigenvalue weighted by molar-refractivity contribution is 0.0519. The molecule has 0 spiro atoms. The third-order valence-electron chi connectivity index (χ3n) is 2.16. The number of rotatable bonds is 4. The van der Waals surface area contributed by atoms with E-state index in [1.54, 1.807) is 6.92 Å². The van der Waals surface area contributed by atoms with Crippen LogP contribution in [0.2, 0.25) is 0 Å². The first-order valence-electron chi connectivity index (χ1n) is 5.45. The fourth-order valence-corrected chi connectivity index (χ4v) is 1.71. The van der Waals surface area contributed by atoms with Gasteiger partial charge in [0.15, 0.2) is 5.69 Å². The highest BCUT2D eigenvalue weighted by Gasteiger charge is 2.13. The molecule has 1 N–H and O–H groups in total. The highest BCUT2D eigenvalue weighted by molar-refractivity contribution is 9.10. The number of ether oxygens (including phenoxy) is 1. The van der Waals surface area contributed by atoms with Crippen LogP contribution >= 0.6 is 15.9 Å². The van der Waals surface area contributed by atoms with Crippen molar-refractivity contribution in [2.24, 2.45) is 0 Å². The van der Waals surface area contributed by atoms with Crippen LogP contribution in [0.25, 0.3) is 0 Å². The van der Waals surface area contributed by atoms with E-state index in [9.17, 15) is 9.18 Å². The van der Waals surface area contributed by atoms with Crippen molar-refractivity contribution < 1.29 is 18.3 Å². The largest absolute Gasteiger partial charge is 0.461 e. The summed E-state index contributed by atoms with van der Waals surface area (Å²) in [5, 5.41) is 2.81. The molecule has 0 atom stereocenters. The average molecular weight is 329 g/mol. The molecule has 5 nitrogen and oxygen atoms in total. The van der Waals surface area contributed by atoms with Crippen molar-refractivity contribution in [3.63, 3.8) is 0 Å². The van der Waals surface area contributed by atoms with E-state index in [-0.39, 0.29) is 24.1 Å². The highest BCUT2D eigenvalue weighted by Crippen LogP contribution is 2.22. The standard InChI is InChI=1S/C12H10BrFN2O3/c1-2-18-11(17)10-6-19-12(16-10)15-7-3-4-9(14)8(13)5-7/h3-6H,2H2,1H3,(H,15,16). The Bertz CT molecular complexity index is 600. The van der Waals surface area contributed by atoms with E-state index in [2.05, 4.69) is 26.2 Å². The number of hydrogen-bond donors (Lipinski definition) is 1. The lowest BCUT2D eigenvalue weighted by Gasteiger charge is -2.02. The zero-order valence-corrected chi connectivity index (χ0v) is 11.5. The van der Waals surface area contributed by atoms with Gasteiger partial charge >= 0.3 is 5.97 Å². The molecular weight excluding hydrogens is 319 g/mol. The van der Waals surface area contributed by atoms with Crippen molar-refractivity contribution in [1.82, 2.24) is 4.98 Å². The number of oxazole rings is 1. The van der Waals surface area contributed by atoms with Crippen LogP contribution in [0.3, 0.4) is 0 Å². The Morgan fingerprint density at radius 3 is 3.05 bits per heavy atom. The fraction of sp³-hybridized carbons (Fsp3) is 0.167. The van der Waals surface area contributed by atoms with E-state index >= 15 is 0 Å². The number of aromatic nitrogens is 1. The second-order valence-electron chi connectivity index (χ2n) is 3.51. The molecule has 1 heterocycles. The minimum absolute atomic E-state index is 0.0746. The summed E-state index contributed by atoms with van der Waals surface area (Å²) in [5.74, 6) is -0.926. The quantitative estimate of drug-likeness (QED) is 0.870. The third-order valence-corrected chi connectivity index (χ3v) is 2.77. The van der Waals surface area contributed by atoms with E-state index in [1.165, 1.54) is 24.5 Å². The number of hydrogen-bond acceptors (Lipinski definition) is 5. The van der Waals surface area contributed by atoms with Crippen LogP contribution in [0.1, 0.15) is 17.4 Å². The van der Waals surface area contributed by atoms with E-state index in [4.69, 9.17) is 9.15 Å². The molecule has 0 aliphatic rings. The van der Waals surface area contributed by atoms with E-state index in [0.29, 0.717) is 10.2 Å². The maximum Gasteiger partial charge on any atom is 0.360 e. The molecule has 0 fully saturated rings. The first kappa shape index (κ1) is 13.5. The monoisotopic (exact) mass is 328 g/mol. The molecule has 0 aliphatic heterocycles. The molecule has 0 radical (unpaired) electrons. The molecule has 19 heavy (non-hydrogen) atoms. The van der Waals surface area contributed by atoms with Crippen LogP contribution in [-0.2, 0) is 4.74 Å². The SMILES string of the molecule is CCOC(=O)c1coc(Nc2ccc(F)c(Br)c2)n1. The lowest BCUT2D eigenvalue weighted by atomic mass is 10.3. The number of nitrogens with zero attached hydrogens (tertiary/aromatic N) is 1. The van der Waals surface area contributed by atoms with Crippen molar-refractivity contribution >= 4 is 33.6 Å². The van der Waals surface area contributed by atoms with Gasteiger partial charge in [0.1, 0.15) is 12.1 Å². The number of halogens is 2. The number of anilines is 2. The van der Waals surface area contributed by atoms with Crippen LogP contribution in [0.15, 0.2) is 33.4 Å². The maximum absolute atomic E-state index is 13.1. The van der Waals surface area contributed by atoms with Crippen LogP contribution in [0.4, 0.5) is 16.1 Å². The zero-order valence-electron chi connectivity index (χ0n) is 9.94. The fourth-order valence-electron chi connectivity index (χ4n) is 1.33. The summed E-state index contributed by atoms with van der Waals surface area (Å²) < 4.78 is 23.2. The van der Waals surface area contributed by atoms with Crippen molar-refractivity contribution in [3.8, 4) is 0 Å². The number of carbonyl (C=O) groups excluding carboxylic acids is 1. The Morgan fingerprint density at radius 2 is 2.37 bits per heavy atom. The molecule has 0 saturated heterocycles. The predicted molar refractivity (Wildman–Crippen MR) is 69.8 cm³/mol. The van der Waals surface area contributed by atoms with Crippen LogP contribution in [0, 0.1) is 5.82 Å². The molecule has 1 aromatic carbocycles. The van der Waals surface area contributed by atoms with Crippen molar-refractivity contribution in [1.29, 1.82) is 0 Å². The minimum Gasteiger partial charge on any atom is -0.461 e. The van der Waals surface area contributed by atoms with Gasteiger partial charge in [-0.25, -0.2) is 9.18 Å². The molecule has 1 aromatic heterocycles. The second kappa shape index (κ2) is 5.83. The third kappa shape index (κ3) is 3.31. The molecule has 0 amide bonds. The van der Waals surface area contributed by atoms with Gasteiger partial charge in [0.05, 0.1) is 11.1 Å². The smallest absolute Gasteiger partial charge is 0.360 e. The van der Waals surface area contributed by atoms with Gasteiger partial charge in [-0.2, -0.15) is 4.98 Å². The summed E-state index contributed by atoms with van der Waals surface area (Å²) in [7, 11) is 0. The molecule has 0 unspecified atom stereocenters. The van der Waals surface area contributed by atoms with Gasteiger partial charge in [0.25, 0.3) is 6.01 Å². The van der Waals surface area contributed by atoms with Crippen molar-refractivity contribution in [2.75, 3.05) is 11.9 Å². The Labute approximate surface area is 116 Å². The Hall–Kier alpha value is -1.89. The second-order valence-corrected chi connectivity index (χ2v) is 4.37. The number of benzene rings is 1. The van der Waals surface area contributed by atoms with Gasteiger partial charge in [-0.15, -0.1) is 0 Å². The summed E-state index contributed by atoms with van der Waals surface area (Å²) in [4.78, 5) is 15.3. The van der Waals surface area contributed by atoms with Crippen LogP contribution in [-0.4, -0.2) is 17.6 Å². The molecule has 2 aromatic rings. The average Bonchev–Trinajstić information content (AvgIpc) is 2.83. The van der Waals surface area contributed by atoms with Gasteiger partial charge in [-0.05, 0) is 41.1 Å². The molecule has 0 bridgehead atoms. The van der Waals surface area contributed by atoms with E-state index in [1.807, 2.05) is 0 Å². The Balaban J connectivity index is 2.11. The molecule has 0 saturated carbocycles. The summed E-state index contributed by atoms with van der Waals surface area (Å²) in [6.07, 6.45) is 1.19. The lowest BCUT2D eigenvalue weighted by Crippen LogP contribution is -2.05. The first-order valence-corrected chi connectivity index (χ1v) is 6.24. The summed E-state index contributed by atoms with van der Waals surface area (Å²) in [6.45, 7) is 1.96. The van der Waals surface area contributed by atoms with E-state index < -0.39 is 5.97 Å². The Kier molecular flexibility index (Phi) is 4.16. The van der Waals surface area contributed by atoms with Crippen molar-refractivity contribution in [2.45, 2.75) is 6.92 Å². The minimum atomic E-state index is -0.556. The maximum atomic E-state index is 13.1. The topological polar surface area (TPSA) is 64.4 Å². The molecule has 100 valence electrons. The molecule has 0 aliphatic carbocycles. The highest BCUT2D eigenvalue weighted by atomic mass is 79.9. The molecule has 7 heteroatoms. The van der Waals surface area contributed by atoms with Gasteiger partial charge in [-0.1, -0.05) is 0 Å². The molecular formula is C12H10BrFN2O3. The normalized spacial score (nSPS) is 10.3. The van der Waals surface area contributed by atoms with Gasteiger partial charge < -0.3 is 14.5 Å². The van der Waals surface area contributed by atoms with E-state index in [0.717, 1.165) is 0 Å². The van der Waals surface area contributed by atoms with Crippen LogP contribution in [0.5, 0.6) is 0 Å². The van der Waals surface area contributed by atoms with Gasteiger partial charge in [-0.3, -0.25) is 0 Å². The number of carbonyl (C=O) groups is 1. The first-order chi connectivity index (χ1) is 9.10. The number of esters is 1. The van der Waals surface area contributed by atoms with Crippen LogP contribution < -0.4 is 5.32 Å². The summed E-state index contributed by atoms with van der Waals surface area (Å²) in [5.41, 5.74) is 0.649. The van der Waals surface area contributed by atoms with Gasteiger partial charge in [0, 0.05) is 5.69 Å². The Morgan fingerprint density at radius 1 is 1.58 bits per heavy atom. The predicted octanol–water partition coefficient (Wildman–Crippen LogP) is 3.50. The zero-order chi connectivity index (χ0) is 13.8. The van der Waals surface area contributed by atoms with Crippen molar-refractivity contribution in [3.05, 3.63) is 40.4 Å².